The molecule has 2 N–H and O–H groups in total. The topological polar surface area (TPSA) is 74.8 Å². The van der Waals surface area contributed by atoms with E-state index in [9.17, 15) is 8.42 Å². The Kier molecular flexibility index (Phi) is 5.22. The molecule has 1 atom stereocenters. The molecular weight excluding hydrogens is 382 g/mol. The molecule has 148 valence electrons. The monoisotopic (exact) mass is 405 g/mol. The second kappa shape index (κ2) is 7.81. The van der Waals surface area contributed by atoms with Crippen molar-refractivity contribution in [3.05, 3.63) is 95.4 Å². The summed E-state index contributed by atoms with van der Waals surface area (Å²) in [6.45, 7) is 4.01. The SMILES string of the molecule is Cc1ccc(S(=O)(=O)NC[C@@H](c2cccnc2)c2c[nH]c3ccccc23)c(C)c1. The van der Waals surface area contributed by atoms with E-state index in [0.717, 1.165) is 33.2 Å². The molecule has 5 nitrogen and oxygen atoms in total. The van der Waals surface area contributed by atoms with Crippen molar-refractivity contribution >= 4 is 20.9 Å². The number of nitrogens with one attached hydrogen (secondary N) is 2. The van der Waals surface area contributed by atoms with E-state index in [1.165, 1.54) is 0 Å². The molecule has 0 fully saturated rings. The molecule has 0 saturated heterocycles. The summed E-state index contributed by atoms with van der Waals surface area (Å²) < 4.78 is 28.8. The number of nitrogens with zero attached hydrogens (tertiary/aromatic N) is 1. The van der Waals surface area contributed by atoms with Crippen molar-refractivity contribution < 1.29 is 8.42 Å². The summed E-state index contributed by atoms with van der Waals surface area (Å²) in [5.41, 5.74) is 4.79. The molecule has 2 aromatic heterocycles. The largest absolute Gasteiger partial charge is 0.361 e. The summed E-state index contributed by atoms with van der Waals surface area (Å²) in [4.78, 5) is 7.83. The van der Waals surface area contributed by atoms with Crippen LogP contribution in [0.15, 0.2) is 78.1 Å². The van der Waals surface area contributed by atoms with Gasteiger partial charge in [0, 0.05) is 42.0 Å². The Morgan fingerprint density at radius 1 is 1.07 bits per heavy atom. The van der Waals surface area contributed by atoms with Gasteiger partial charge in [0.15, 0.2) is 0 Å². The summed E-state index contributed by atoms with van der Waals surface area (Å²) in [6.07, 6.45) is 5.46. The first-order chi connectivity index (χ1) is 14.0. The van der Waals surface area contributed by atoms with Crippen molar-refractivity contribution in [1.29, 1.82) is 0 Å². The Morgan fingerprint density at radius 2 is 1.90 bits per heavy atom. The highest BCUT2D eigenvalue weighted by atomic mass is 32.2. The summed E-state index contributed by atoms with van der Waals surface area (Å²) in [5, 5.41) is 1.08. The smallest absolute Gasteiger partial charge is 0.240 e. The maximum Gasteiger partial charge on any atom is 0.240 e. The summed E-state index contributed by atoms with van der Waals surface area (Å²) in [6, 6.07) is 17.2. The highest BCUT2D eigenvalue weighted by Crippen LogP contribution is 2.30. The van der Waals surface area contributed by atoms with Gasteiger partial charge in [-0.25, -0.2) is 13.1 Å². The third kappa shape index (κ3) is 3.95. The maximum absolute atomic E-state index is 13.0. The predicted octanol–water partition coefficient (Wildman–Crippen LogP) is 4.29. The molecule has 0 radical (unpaired) electrons. The fraction of sp³-hybridized carbons (Fsp3) is 0.174. The number of aromatic amines is 1. The summed E-state index contributed by atoms with van der Waals surface area (Å²) >= 11 is 0. The molecule has 0 spiro atoms. The van der Waals surface area contributed by atoms with E-state index < -0.39 is 10.0 Å². The molecule has 0 saturated carbocycles. The number of hydrogen-bond acceptors (Lipinski definition) is 3. The summed E-state index contributed by atoms with van der Waals surface area (Å²) in [5.74, 6) is -0.166. The molecule has 4 aromatic rings. The van der Waals surface area contributed by atoms with Crippen molar-refractivity contribution in [1.82, 2.24) is 14.7 Å². The number of benzene rings is 2. The molecule has 4 rings (SSSR count). The van der Waals surface area contributed by atoms with Crippen LogP contribution in [-0.2, 0) is 10.0 Å². The standard InChI is InChI=1S/C23H23N3O2S/c1-16-9-10-23(17(2)12-16)29(27,28)26-15-20(18-6-5-11-24-13-18)21-14-25-22-8-4-3-7-19(21)22/h3-14,20,25-26H,15H2,1-2H3/t20-/m0/s1. The van der Waals surface area contributed by atoms with Crippen molar-refractivity contribution in [2.24, 2.45) is 0 Å². The minimum Gasteiger partial charge on any atom is -0.361 e. The minimum absolute atomic E-state index is 0.166. The van der Waals surface area contributed by atoms with Gasteiger partial charge in [-0.2, -0.15) is 0 Å². The lowest BCUT2D eigenvalue weighted by Crippen LogP contribution is -2.29. The first-order valence-corrected chi connectivity index (χ1v) is 11.0. The van der Waals surface area contributed by atoms with Crippen molar-refractivity contribution in [3.8, 4) is 0 Å². The zero-order chi connectivity index (χ0) is 20.4. The van der Waals surface area contributed by atoms with Gasteiger partial charge >= 0.3 is 0 Å². The highest BCUT2D eigenvalue weighted by molar-refractivity contribution is 7.89. The first-order valence-electron chi connectivity index (χ1n) is 9.48. The van der Waals surface area contributed by atoms with Crippen molar-refractivity contribution in [2.45, 2.75) is 24.7 Å². The molecule has 0 unspecified atom stereocenters. The number of aryl methyl sites for hydroxylation is 2. The molecule has 0 bridgehead atoms. The second-order valence-electron chi connectivity index (χ2n) is 7.25. The van der Waals surface area contributed by atoms with Gasteiger partial charge < -0.3 is 4.98 Å². The zero-order valence-electron chi connectivity index (χ0n) is 16.4. The van der Waals surface area contributed by atoms with E-state index in [0.29, 0.717) is 4.90 Å². The van der Waals surface area contributed by atoms with Crippen LogP contribution < -0.4 is 4.72 Å². The number of hydrogen-bond donors (Lipinski definition) is 2. The number of fused-ring (bicyclic) bond motifs is 1. The number of sulfonamides is 1. The Morgan fingerprint density at radius 3 is 2.66 bits per heavy atom. The van der Waals surface area contributed by atoms with Crippen LogP contribution in [0.25, 0.3) is 10.9 Å². The number of H-pyrrole nitrogens is 1. The molecule has 0 aliphatic rings. The second-order valence-corrected chi connectivity index (χ2v) is 8.98. The van der Waals surface area contributed by atoms with Gasteiger partial charge in [0.05, 0.1) is 4.90 Å². The lowest BCUT2D eigenvalue weighted by atomic mass is 9.92. The number of pyridine rings is 1. The first kappa shape index (κ1) is 19.4. The molecule has 0 aliphatic carbocycles. The van der Waals surface area contributed by atoms with Crippen LogP contribution in [0.3, 0.4) is 0 Å². The van der Waals surface area contributed by atoms with Gasteiger partial charge in [-0.15, -0.1) is 0 Å². The van der Waals surface area contributed by atoms with E-state index in [1.807, 2.05) is 68.6 Å². The molecule has 2 heterocycles. The fourth-order valence-electron chi connectivity index (χ4n) is 3.74. The van der Waals surface area contributed by atoms with Crippen LogP contribution in [0.2, 0.25) is 0 Å². The van der Waals surface area contributed by atoms with E-state index in [1.54, 1.807) is 18.5 Å². The van der Waals surface area contributed by atoms with Crippen LogP contribution in [0.5, 0.6) is 0 Å². The van der Waals surface area contributed by atoms with Gasteiger partial charge in [-0.1, -0.05) is 42.0 Å². The Bertz CT molecular complexity index is 1250. The lowest BCUT2D eigenvalue weighted by molar-refractivity contribution is 0.577. The van der Waals surface area contributed by atoms with Crippen LogP contribution in [-0.4, -0.2) is 24.9 Å². The molecular formula is C23H23N3O2S. The predicted molar refractivity (Wildman–Crippen MR) is 115 cm³/mol. The van der Waals surface area contributed by atoms with Gasteiger partial charge in [0.1, 0.15) is 0 Å². The van der Waals surface area contributed by atoms with Gasteiger partial charge in [-0.05, 0) is 48.7 Å². The van der Waals surface area contributed by atoms with E-state index in [2.05, 4.69) is 14.7 Å². The number of para-hydroxylation sites is 1. The Labute approximate surface area is 170 Å². The van der Waals surface area contributed by atoms with Crippen LogP contribution >= 0.6 is 0 Å². The Hall–Kier alpha value is -2.96. The van der Waals surface area contributed by atoms with E-state index in [4.69, 9.17) is 0 Å². The number of rotatable bonds is 6. The zero-order valence-corrected chi connectivity index (χ0v) is 17.2. The molecule has 2 aromatic carbocycles. The van der Waals surface area contributed by atoms with Gasteiger partial charge in [-0.3, -0.25) is 4.98 Å². The molecule has 0 amide bonds. The normalized spacial score (nSPS) is 12.9. The number of aromatic nitrogens is 2. The van der Waals surface area contributed by atoms with Crippen LogP contribution in [0, 0.1) is 13.8 Å². The quantitative estimate of drug-likeness (QED) is 0.502. The third-order valence-electron chi connectivity index (χ3n) is 5.18. The average Bonchev–Trinajstić information content (AvgIpc) is 3.13. The third-order valence-corrected chi connectivity index (χ3v) is 6.76. The molecule has 6 heteroatoms. The molecule has 29 heavy (non-hydrogen) atoms. The maximum atomic E-state index is 13.0. The lowest BCUT2D eigenvalue weighted by Gasteiger charge is -2.18. The fourth-order valence-corrected chi connectivity index (χ4v) is 5.01. The minimum atomic E-state index is -3.64. The van der Waals surface area contributed by atoms with Gasteiger partial charge in [0.2, 0.25) is 10.0 Å². The van der Waals surface area contributed by atoms with Crippen molar-refractivity contribution in [3.63, 3.8) is 0 Å². The van der Waals surface area contributed by atoms with E-state index in [-0.39, 0.29) is 12.5 Å². The van der Waals surface area contributed by atoms with Crippen LogP contribution in [0.1, 0.15) is 28.2 Å². The molecule has 0 aliphatic heterocycles. The highest BCUT2D eigenvalue weighted by Gasteiger charge is 2.23. The average molecular weight is 406 g/mol. The van der Waals surface area contributed by atoms with Crippen molar-refractivity contribution in [2.75, 3.05) is 6.54 Å². The van der Waals surface area contributed by atoms with E-state index >= 15 is 0 Å². The Balaban J connectivity index is 1.70. The summed E-state index contributed by atoms with van der Waals surface area (Å²) in [7, 11) is -3.64. The van der Waals surface area contributed by atoms with Crippen LogP contribution in [0.4, 0.5) is 0 Å². The van der Waals surface area contributed by atoms with Gasteiger partial charge in [0.25, 0.3) is 0 Å².